The van der Waals surface area contributed by atoms with Crippen molar-refractivity contribution in [2.75, 3.05) is 45.2 Å². The zero-order chi connectivity index (χ0) is 28.8. The highest BCUT2D eigenvalue weighted by Gasteiger charge is 2.34. The van der Waals surface area contributed by atoms with Crippen LogP contribution in [0.1, 0.15) is 30.4 Å². The summed E-state index contributed by atoms with van der Waals surface area (Å²) in [6.07, 6.45) is -1.16. The lowest BCUT2D eigenvalue weighted by Gasteiger charge is -2.39. The number of nitrogens with zero attached hydrogens (tertiary/aromatic N) is 4. The molecule has 1 saturated heterocycles. The lowest BCUT2D eigenvalue weighted by atomic mass is 10.0. The maximum Gasteiger partial charge on any atom is 0.407 e. The lowest BCUT2D eigenvalue weighted by Crippen LogP contribution is -2.56. The molecule has 0 spiro atoms. The van der Waals surface area contributed by atoms with Crippen LogP contribution >= 0.6 is 0 Å². The smallest absolute Gasteiger partial charge is 0.407 e. The molecule has 4 rings (SSSR count). The number of amides is 1. The molecule has 3 heterocycles. The molecule has 2 unspecified atom stereocenters. The van der Waals surface area contributed by atoms with Crippen molar-refractivity contribution in [1.82, 2.24) is 25.3 Å². The van der Waals surface area contributed by atoms with Gasteiger partial charge in [0.2, 0.25) is 0 Å². The fraction of sp³-hybridized carbons (Fsp3) is 0.500. The second kappa shape index (κ2) is 13.1. The minimum Gasteiger partial charge on any atom is -0.491 e. The average Bonchev–Trinajstić information content (AvgIpc) is 3.28. The van der Waals surface area contributed by atoms with Gasteiger partial charge in [-0.25, -0.2) is 14.8 Å². The molecule has 3 atom stereocenters. The van der Waals surface area contributed by atoms with Crippen molar-refractivity contribution >= 4 is 11.9 Å². The Hall–Kier alpha value is -3.74. The van der Waals surface area contributed by atoms with Gasteiger partial charge in [-0.05, 0) is 46.4 Å². The summed E-state index contributed by atoms with van der Waals surface area (Å²) in [6.45, 7) is 9.16. The first-order chi connectivity index (χ1) is 19.2. The van der Waals surface area contributed by atoms with E-state index in [0.29, 0.717) is 67.2 Å². The highest BCUT2D eigenvalue weighted by Crippen LogP contribution is 2.34. The van der Waals surface area contributed by atoms with Gasteiger partial charge in [0.1, 0.15) is 30.0 Å². The van der Waals surface area contributed by atoms with Gasteiger partial charge in [0.05, 0.1) is 35.7 Å². The number of aromatic nitrogens is 3. The number of carbonyl (C=O) groups is 1. The first kappa shape index (κ1) is 29.2. The number of aryl methyl sites for hydroxylation is 2. The Kier molecular flexibility index (Phi) is 9.56. The number of rotatable bonds is 11. The van der Waals surface area contributed by atoms with Crippen molar-refractivity contribution in [3.63, 3.8) is 0 Å². The Bertz CT molecular complexity index is 1290. The van der Waals surface area contributed by atoms with E-state index in [1.807, 2.05) is 52.0 Å². The second-order valence-electron chi connectivity index (χ2n) is 9.86. The van der Waals surface area contributed by atoms with E-state index >= 15 is 0 Å². The van der Waals surface area contributed by atoms with Crippen molar-refractivity contribution in [2.45, 2.75) is 52.4 Å². The summed E-state index contributed by atoms with van der Waals surface area (Å²) in [5.41, 5.74) is 3.66. The van der Waals surface area contributed by atoms with Gasteiger partial charge in [0.15, 0.2) is 5.82 Å². The number of anilines is 1. The maximum atomic E-state index is 12.0. The number of aliphatic hydroxyl groups excluding tert-OH is 1. The number of likely N-dealkylation sites (N-methyl/N-ethyl adjacent to an activating group) is 1. The Morgan fingerprint density at radius 2 is 2.08 bits per heavy atom. The lowest BCUT2D eigenvalue weighted by molar-refractivity contribution is -0.0579. The van der Waals surface area contributed by atoms with Crippen molar-refractivity contribution in [3.05, 3.63) is 41.3 Å². The zero-order valence-corrected chi connectivity index (χ0v) is 23.6. The van der Waals surface area contributed by atoms with Gasteiger partial charge < -0.3 is 34.8 Å². The van der Waals surface area contributed by atoms with Crippen molar-refractivity contribution < 1.29 is 29.0 Å². The molecule has 1 aliphatic heterocycles. The van der Waals surface area contributed by atoms with E-state index in [0.717, 1.165) is 16.7 Å². The number of nitrogens with one attached hydrogen (secondary N) is 2. The largest absolute Gasteiger partial charge is 0.491 e. The normalized spacial score (nSPS) is 18.0. The van der Waals surface area contributed by atoms with Crippen LogP contribution in [0, 0.1) is 20.8 Å². The van der Waals surface area contributed by atoms with E-state index in [1.54, 1.807) is 7.05 Å². The van der Waals surface area contributed by atoms with Crippen LogP contribution in [-0.2, 0) is 4.74 Å². The van der Waals surface area contributed by atoms with Crippen LogP contribution in [0.4, 0.5) is 10.6 Å². The topological polar surface area (TPSA) is 155 Å². The number of hydrogen-bond acceptors (Lipinski definition) is 10. The molecular formula is C28H38N6O6. The molecule has 1 fully saturated rings. The fourth-order valence-electron chi connectivity index (χ4n) is 4.94. The minimum atomic E-state index is -0.971. The molecule has 40 heavy (non-hydrogen) atoms. The molecule has 0 aliphatic carbocycles. The van der Waals surface area contributed by atoms with Gasteiger partial charge >= 0.3 is 6.09 Å². The number of hydrogen-bond donors (Lipinski definition) is 4. The third-order valence-corrected chi connectivity index (χ3v) is 7.01. The van der Waals surface area contributed by atoms with Gasteiger partial charge in [-0.2, -0.15) is 0 Å². The van der Waals surface area contributed by atoms with E-state index in [-0.39, 0.29) is 18.8 Å². The summed E-state index contributed by atoms with van der Waals surface area (Å²) in [4.78, 5) is 23.1. The van der Waals surface area contributed by atoms with E-state index in [1.165, 1.54) is 4.90 Å². The van der Waals surface area contributed by atoms with E-state index in [4.69, 9.17) is 24.0 Å². The molecule has 12 heteroatoms. The van der Waals surface area contributed by atoms with E-state index < -0.39 is 12.2 Å². The first-order valence-electron chi connectivity index (χ1n) is 13.5. The summed E-state index contributed by atoms with van der Waals surface area (Å²) in [5.74, 6) is 2.23. The Balaban J connectivity index is 1.70. The molecule has 0 bridgehead atoms. The summed E-state index contributed by atoms with van der Waals surface area (Å²) in [6, 6.07) is 6.99. The van der Waals surface area contributed by atoms with Crippen LogP contribution in [0.25, 0.3) is 22.6 Å². The van der Waals surface area contributed by atoms with Gasteiger partial charge in [0, 0.05) is 30.8 Å². The van der Waals surface area contributed by atoms with Crippen molar-refractivity contribution in [1.29, 1.82) is 0 Å². The number of aliphatic hydroxyl groups is 1. The Morgan fingerprint density at radius 3 is 2.75 bits per heavy atom. The summed E-state index contributed by atoms with van der Waals surface area (Å²) >= 11 is 0. The standard InChI is InChI=1S/C28H38N6O6/c1-6-23-22(34(28(36)37)10-11-38-23)14-30-26-16(2)25(24-17(3)33-40-18(24)4)31-27(32-26)19-8-7-9-21(12-19)39-15-20(35)13-29-5/h7-9,12,20,22-23,29,35H,6,10-11,13-15H2,1-5H3,(H,36,37)(H,30,31,32)/t20?,22-,23?/m0/s1. The molecule has 4 N–H and O–H groups in total. The quantitative estimate of drug-likeness (QED) is 0.276. The Labute approximate surface area is 233 Å². The molecule has 0 saturated carbocycles. The molecule has 12 nitrogen and oxygen atoms in total. The highest BCUT2D eigenvalue weighted by atomic mass is 16.5. The van der Waals surface area contributed by atoms with Gasteiger partial charge in [0.25, 0.3) is 0 Å². The fourth-order valence-corrected chi connectivity index (χ4v) is 4.94. The molecule has 216 valence electrons. The molecule has 3 aromatic rings. The third kappa shape index (κ3) is 6.52. The van der Waals surface area contributed by atoms with Crippen LogP contribution in [0.3, 0.4) is 0 Å². The van der Waals surface area contributed by atoms with Crippen LogP contribution in [0.5, 0.6) is 5.75 Å². The molecule has 1 aliphatic rings. The molecule has 2 aromatic heterocycles. The van der Waals surface area contributed by atoms with Crippen molar-refractivity contribution in [2.24, 2.45) is 0 Å². The van der Waals surface area contributed by atoms with Gasteiger partial charge in [-0.1, -0.05) is 24.2 Å². The minimum absolute atomic E-state index is 0.137. The number of morpholine rings is 1. The number of carboxylic acid groups (broad SMARTS) is 1. The third-order valence-electron chi connectivity index (χ3n) is 7.01. The van der Waals surface area contributed by atoms with Crippen LogP contribution < -0.4 is 15.4 Å². The number of benzene rings is 1. The zero-order valence-electron chi connectivity index (χ0n) is 23.6. The van der Waals surface area contributed by atoms with Gasteiger partial charge in [-0.15, -0.1) is 0 Å². The second-order valence-corrected chi connectivity index (χ2v) is 9.86. The monoisotopic (exact) mass is 554 g/mol. The van der Waals surface area contributed by atoms with Crippen LogP contribution in [0.2, 0.25) is 0 Å². The van der Waals surface area contributed by atoms with Crippen LogP contribution in [0.15, 0.2) is 28.8 Å². The summed E-state index contributed by atoms with van der Waals surface area (Å²) in [7, 11) is 1.77. The predicted molar refractivity (Wildman–Crippen MR) is 150 cm³/mol. The predicted octanol–water partition coefficient (Wildman–Crippen LogP) is 3.25. The number of ether oxygens (including phenoxy) is 2. The van der Waals surface area contributed by atoms with E-state index in [9.17, 15) is 15.0 Å². The first-order valence-corrected chi connectivity index (χ1v) is 13.5. The van der Waals surface area contributed by atoms with E-state index in [2.05, 4.69) is 15.8 Å². The molecule has 1 amide bonds. The molecule has 1 aromatic carbocycles. The molecular weight excluding hydrogens is 516 g/mol. The highest BCUT2D eigenvalue weighted by molar-refractivity contribution is 5.74. The van der Waals surface area contributed by atoms with Gasteiger partial charge in [-0.3, -0.25) is 4.90 Å². The average molecular weight is 555 g/mol. The Morgan fingerprint density at radius 1 is 1.27 bits per heavy atom. The molecule has 0 radical (unpaired) electrons. The van der Waals surface area contributed by atoms with Crippen molar-refractivity contribution in [3.8, 4) is 28.4 Å². The van der Waals surface area contributed by atoms with Crippen LogP contribution in [-0.4, -0.2) is 94.5 Å². The summed E-state index contributed by atoms with van der Waals surface area (Å²) in [5, 5.41) is 30.3. The SMILES string of the molecule is CCC1OCCN(C(=O)O)[C@H]1CNc1nc(-c2cccc(OCC(O)CNC)c2)nc(-c2c(C)noc2C)c1C. The summed E-state index contributed by atoms with van der Waals surface area (Å²) < 4.78 is 17.1. The maximum absolute atomic E-state index is 12.0.